The van der Waals surface area contributed by atoms with Crippen molar-refractivity contribution >= 4 is 0 Å². The summed E-state index contributed by atoms with van der Waals surface area (Å²) in [4.78, 5) is 2.55. The maximum atomic E-state index is 4.55. The molecule has 0 saturated carbocycles. The fourth-order valence-corrected chi connectivity index (χ4v) is 2.75. The Morgan fingerprint density at radius 2 is 2.32 bits per heavy atom. The minimum absolute atomic E-state index is 0.572. The van der Waals surface area contributed by atoms with E-state index in [4.69, 9.17) is 0 Å². The molecule has 0 amide bonds. The molecule has 1 aliphatic rings. The molecule has 1 aliphatic heterocycles. The summed E-state index contributed by atoms with van der Waals surface area (Å²) in [5.74, 6) is 0. The van der Waals surface area contributed by atoms with Crippen molar-refractivity contribution in [2.45, 2.75) is 58.7 Å². The highest BCUT2D eigenvalue weighted by Gasteiger charge is 2.20. The normalized spacial score (nSPS) is 19.8. The van der Waals surface area contributed by atoms with Crippen molar-refractivity contribution in [3.63, 3.8) is 0 Å². The predicted octanol–water partition coefficient (Wildman–Crippen LogP) is 1.94. The zero-order chi connectivity index (χ0) is 13.8. The van der Waals surface area contributed by atoms with E-state index in [1.54, 1.807) is 0 Å². The first-order chi connectivity index (χ1) is 9.10. The summed E-state index contributed by atoms with van der Waals surface area (Å²) in [7, 11) is 2.06. The zero-order valence-corrected chi connectivity index (χ0v) is 12.8. The molecule has 1 aromatic rings. The van der Waals surface area contributed by atoms with E-state index in [-0.39, 0.29) is 0 Å². The van der Waals surface area contributed by atoms with Crippen LogP contribution in [0.15, 0.2) is 6.07 Å². The Balaban J connectivity index is 2.00. The second-order valence-corrected chi connectivity index (χ2v) is 5.92. The molecule has 1 saturated heterocycles. The first-order valence-electron chi connectivity index (χ1n) is 7.59. The lowest BCUT2D eigenvalue weighted by Gasteiger charge is -2.29. The predicted molar refractivity (Wildman–Crippen MR) is 79.2 cm³/mol. The molecule has 4 heteroatoms. The van der Waals surface area contributed by atoms with Crippen LogP contribution in [0.5, 0.6) is 0 Å². The molecule has 0 aromatic carbocycles. The van der Waals surface area contributed by atoms with Crippen molar-refractivity contribution < 1.29 is 0 Å². The first-order valence-corrected chi connectivity index (χ1v) is 7.59. The molecule has 1 unspecified atom stereocenters. The van der Waals surface area contributed by atoms with Crippen LogP contribution < -0.4 is 5.32 Å². The Morgan fingerprint density at radius 3 is 2.84 bits per heavy atom. The number of nitrogens with zero attached hydrogens (tertiary/aromatic N) is 3. The van der Waals surface area contributed by atoms with Gasteiger partial charge >= 0.3 is 0 Å². The van der Waals surface area contributed by atoms with Gasteiger partial charge in [0.25, 0.3) is 0 Å². The minimum Gasteiger partial charge on any atom is -0.313 e. The van der Waals surface area contributed by atoms with E-state index >= 15 is 0 Å². The van der Waals surface area contributed by atoms with Crippen LogP contribution in [0, 0.1) is 0 Å². The number of rotatable bonds is 6. The molecule has 2 heterocycles. The standard InChI is InChI=1S/C15H28N4/c1-5-13-9-15(18(4)17-13)11-19(12(2)3)10-14-7-6-8-16-14/h9,12,14,16H,5-8,10-11H2,1-4H3. The van der Waals surface area contributed by atoms with Gasteiger partial charge < -0.3 is 5.32 Å². The van der Waals surface area contributed by atoms with Crippen LogP contribution in [0.1, 0.15) is 45.0 Å². The molecule has 1 fully saturated rings. The smallest absolute Gasteiger partial charge is 0.0625 e. The summed E-state index contributed by atoms with van der Waals surface area (Å²) in [6, 6.07) is 3.49. The lowest BCUT2D eigenvalue weighted by atomic mass is 10.2. The zero-order valence-electron chi connectivity index (χ0n) is 12.8. The topological polar surface area (TPSA) is 33.1 Å². The Morgan fingerprint density at radius 1 is 1.53 bits per heavy atom. The van der Waals surface area contributed by atoms with Crippen LogP contribution >= 0.6 is 0 Å². The summed E-state index contributed by atoms with van der Waals surface area (Å²) in [6.45, 7) is 10.1. The van der Waals surface area contributed by atoms with E-state index in [1.807, 2.05) is 4.68 Å². The molecule has 1 aromatic heterocycles. The number of aryl methyl sites for hydroxylation is 2. The molecule has 0 bridgehead atoms. The maximum Gasteiger partial charge on any atom is 0.0625 e. The average molecular weight is 264 g/mol. The van der Waals surface area contributed by atoms with Gasteiger partial charge in [0.2, 0.25) is 0 Å². The second kappa shape index (κ2) is 6.53. The molecule has 1 atom stereocenters. The Bertz CT molecular complexity index is 391. The fourth-order valence-electron chi connectivity index (χ4n) is 2.75. The number of aromatic nitrogens is 2. The van der Waals surface area contributed by atoms with Crippen molar-refractivity contribution in [2.24, 2.45) is 7.05 Å². The third-order valence-electron chi connectivity index (χ3n) is 4.10. The summed E-state index contributed by atoms with van der Waals surface area (Å²) >= 11 is 0. The largest absolute Gasteiger partial charge is 0.313 e. The third kappa shape index (κ3) is 3.80. The Kier molecular flexibility index (Phi) is 4.99. The molecule has 0 radical (unpaired) electrons. The highest BCUT2D eigenvalue weighted by molar-refractivity contribution is 5.10. The van der Waals surface area contributed by atoms with Crippen molar-refractivity contribution in [1.82, 2.24) is 20.0 Å². The number of nitrogens with one attached hydrogen (secondary N) is 1. The van der Waals surface area contributed by atoms with Gasteiger partial charge in [-0.25, -0.2) is 0 Å². The number of hydrogen-bond donors (Lipinski definition) is 1. The van der Waals surface area contributed by atoms with Gasteiger partial charge in [0.15, 0.2) is 0 Å². The Labute approximate surface area is 117 Å². The molecule has 0 aliphatic carbocycles. The number of hydrogen-bond acceptors (Lipinski definition) is 3. The van der Waals surface area contributed by atoms with Crippen LogP contribution in [0.4, 0.5) is 0 Å². The molecular formula is C15H28N4. The molecule has 2 rings (SSSR count). The van der Waals surface area contributed by atoms with Crippen LogP contribution in [-0.2, 0) is 20.0 Å². The molecular weight excluding hydrogens is 236 g/mol. The molecule has 19 heavy (non-hydrogen) atoms. The first kappa shape index (κ1) is 14.5. The van der Waals surface area contributed by atoms with Gasteiger partial charge in [-0.3, -0.25) is 9.58 Å². The van der Waals surface area contributed by atoms with Gasteiger partial charge in [-0.15, -0.1) is 0 Å². The van der Waals surface area contributed by atoms with Gasteiger partial charge in [-0.1, -0.05) is 6.92 Å². The van der Waals surface area contributed by atoms with Crippen molar-refractivity contribution in [2.75, 3.05) is 13.1 Å². The molecule has 0 spiro atoms. The Hall–Kier alpha value is -0.870. The van der Waals surface area contributed by atoms with Crippen LogP contribution in [0.25, 0.3) is 0 Å². The average Bonchev–Trinajstić information content (AvgIpc) is 2.99. The fraction of sp³-hybridized carbons (Fsp3) is 0.800. The third-order valence-corrected chi connectivity index (χ3v) is 4.10. The maximum absolute atomic E-state index is 4.55. The van der Waals surface area contributed by atoms with E-state index in [1.165, 1.54) is 30.8 Å². The molecule has 1 N–H and O–H groups in total. The van der Waals surface area contributed by atoms with Gasteiger partial charge in [-0.2, -0.15) is 5.10 Å². The van der Waals surface area contributed by atoms with Crippen LogP contribution in [0.2, 0.25) is 0 Å². The minimum atomic E-state index is 0.572. The van der Waals surface area contributed by atoms with Crippen LogP contribution in [-0.4, -0.2) is 39.9 Å². The SMILES string of the molecule is CCc1cc(CN(CC2CCCN2)C(C)C)n(C)n1. The van der Waals surface area contributed by atoms with Crippen molar-refractivity contribution in [1.29, 1.82) is 0 Å². The lowest BCUT2D eigenvalue weighted by Crippen LogP contribution is -2.41. The second-order valence-electron chi connectivity index (χ2n) is 5.92. The van der Waals surface area contributed by atoms with E-state index in [0.29, 0.717) is 12.1 Å². The van der Waals surface area contributed by atoms with Gasteiger partial charge in [0.1, 0.15) is 0 Å². The lowest BCUT2D eigenvalue weighted by molar-refractivity contribution is 0.189. The molecule has 4 nitrogen and oxygen atoms in total. The van der Waals surface area contributed by atoms with Gasteiger partial charge in [0, 0.05) is 32.2 Å². The van der Waals surface area contributed by atoms with E-state index in [2.05, 4.69) is 49.2 Å². The van der Waals surface area contributed by atoms with E-state index in [0.717, 1.165) is 19.5 Å². The van der Waals surface area contributed by atoms with E-state index < -0.39 is 0 Å². The summed E-state index contributed by atoms with van der Waals surface area (Å²) < 4.78 is 2.04. The van der Waals surface area contributed by atoms with E-state index in [9.17, 15) is 0 Å². The van der Waals surface area contributed by atoms with Crippen molar-refractivity contribution in [3.05, 3.63) is 17.5 Å². The van der Waals surface area contributed by atoms with Gasteiger partial charge in [0.05, 0.1) is 11.4 Å². The summed E-state index contributed by atoms with van der Waals surface area (Å²) in [5.41, 5.74) is 2.52. The highest BCUT2D eigenvalue weighted by Crippen LogP contribution is 2.14. The highest BCUT2D eigenvalue weighted by atomic mass is 15.3. The van der Waals surface area contributed by atoms with Gasteiger partial charge in [-0.05, 0) is 45.7 Å². The summed E-state index contributed by atoms with van der Waals surface area (Å²) in [6.07, 6.45) is 3.65. The van der Waals surface area contributed by atoms with Crippen LogP contribution in [0.3, 0.4) is 0 Å². The molecule has 108 valence electrons. The monoisotopic (exact) mass is 264 g/mol. The summed E-state index contributed by atoms with van der Waals surface area (Å²) in [5, 5.41) is 8.14. The quantitative estimate of drug-likeness (QED) is 0.852. The van der Waals surface area contributed by atoms with Crippen molar-refractivity contribution in [3.8, 4) is 0 Å².